The first-order valence-corrected chi connectivity index (χ1v) is 7.77. The molecule has 0 aliphatic carbocycles. The molecule has 13 heavy (non-hydrogen) atoms. The van der Waals surface area contributed by atoms with Crippen molar-refractivity contribution in [2.24, 2.45) is 0 Å². The van der Waals surface area contributed by atoms with Crippen molar-refractivity contribution >= 4 is 23.5 Å². The van der Waals surface area contributed by atoms with Crippen LogP contribution in [0.25, 0.3) is 0 Å². The summed E-state index contributed by atoms with van der Waals surface area (Å²) < 4.78 is 0. The summed E-state index contributed by atoms with van der Waals surface area (Å²) in [4.78, 5) is 2.58. The van der Waals surface area contributed by atoms with E-state index in [4.69, 9.17) is 0 Å². The van der Waals surface area contributed by atoms with Gasteiger partial charge in [-0.15, -0.1) is 11.8 Å². The van der Waals surface area contributed by atoms with Crippen LogP contribution in [0.3, 0.4) is 0 Å². The quantitative estimate of drug-likeness (QED) is 0.606. The predicted molar refractivity (Wildman–Crippen MR) is 65.7 cm³/mol. The molecule has 1 aliphatic rings. The standard InChI is InChI=1S/C10H21NS2/c1-12-8-5-3-2-4-6-11-7-9-13-10-11/h2-10H2,1H3. The highest BCUT2D eigenvalue weighted by atomic mass is 32.2. The summed E-state index contributed by atoms with van der Waals surface area (Å²) in [6, 6.07) is 0. The molecule has 1 heterocycles. The third-order valence-electron chi connectivity index (χ3n) is 2.40. The number of hydrogen-bond donors (Lipinski definition) is 0. The van der Waals surface area contributed by atoms with E-state index in [2.05, 4.69) is 22.9 Å². The van der Waals surface area contributed by atoms with Crippen LogP contribution in [0, 0.1) is 0 Å². The number of rotatable bonds is 7. The molecule has 78 valence electrons. The molecular formula is C10H21NS2. The van der Waals surface area contributed by atoms with Crippen LogP contribution in [0.15, 0.2) is 0 Å². The highest BCUT2D eigenvalue weighted by molar-refractivity contribution is 7.99. The van der Waals surface area contributed by atoms with E-state index < -0.39 is 0 Å². The second kappa shape index (κ2) is 8.01. The highest BCUT2D eigenvalue weighted by Crippen LogP contribution is 2.14. The van der Waals surface area contributed by atoms with E-state index in [0.29, 0.717) is 0 Å². The minimum absolute atomic E-state index is 1.28. The van der Waals surface area contributed by atoms with Gasteiger partial charge in [0.15, 0.2) is 0 Å². The van der Waals surface area contributed by atoms with Crippen molar-refractivity contribution in [3.05, 3.63) is 0 Å². The second-order valence-corrected chi connectivity index (χ2v) is 5.62. The molecule has 0 bridgehead atoms. The van der Waals surface area contributed by atoms with E-state index in [9.17, 15) is 0 Å². The van der Waals surface area contributed by atoms with Gasteiger partial charge in [0.25, 0.3) is 0 Å². The second-order valence-electron chi connectivity index (χ2n) is 3.56. The molecule has 0 aromatic carbocycles. The first kappa shape index (κ1) is 11.7. The van der Waals surface area contributed by atoms with Crippen LogP contribution in [0.2, 0.25) is 0 Å². The van der Waals surface area contributed by atoms with Crippen LogP contribution >= 0.6 is 23.5 Å². The van der Waals surface area contributed by atoms with Gasteiger partial charge in [0, 0.05) is 18.2 Å². The first-order valence-electron chi connectivity index (χ1n) is 5.22. The Bertz CT molecular complexity index is 113. The molecule has 1 aliphatic heterocycles. The van der Waals surface area contributed by atoms with Crippen molar-refractivity contribution in [1.82, 2.24) is 4.90 Å². The fourth-order valence-electron chi connectivity index (χ4n) is 1.56. The Hall–Kier alpha value is 0.660. The molecule has 0 N–H and O–H groups in total. The van der Waals surface area contributed by atoms with Gasteiger partial charge >= 0.3 is 0 Å². The average Bonchev–Trinajstić information content (AvgIpc) is 2.63. The Kier molecular flexibility index (Phi) is 7.23. The van der Waals surface area contributed by atoms with E-state index in [-0.39, 0.29) is 0 Å². The van der Waals surface area contributed by atoms with Crippen LogP contribution in [0.5, 0.6) is 0 Å². The van der Waals surface area contributed by atoms with Gasteiger partial charge in [-0.1, -0.05) is 12.8 Å². The molecule has 1 fully saturated rings. The molecule has 0 atom stereocenters. The number of hydrogen-bond acceptors (Lipinski definition) is 3. The Morgan fingerprint density at radius 3 is 2.77 bits per heavy atom. The van der Waals surface area contributed by atoms with Crippen molar-refractivity contribution in [2.45, 2.75) is 25.7 Å². The van der Waals surface area contributed by atoms with Crippen LogP contribution in [0.1, 0.15) is 25.7 Å². The lowest BCUT2D eigenvalue weighted by Gasteiger charge is -2.12. The summed E-state index contributed by atoms with van der Waals surface area (Å²) in [6.45, 7) is 2.67. The van der Waals surface area contributed by atoms with E-state index >= 15 is 0 Å². The molecule has 0 unspecified atom stereocenters. The fourth-order valence-corrected chi connectivity index (χ4v) is 3.09. The molecular weight excluding hydrogens is 198 g/mol. The van der Waals surface area contributed by atoms with Gasteiger partial charge in [-0.3, -0.25) is 4.90 Å². The largest absolute Gasteiger partial charge is 0.293 e. The molecule has 0 aromatic heterocycles. The van der Waals surface area contributed by atoms with Gasteiger partial charge in [-0.05, 0) is 31.4 Å². The lowest BCUT2D eigenvalue weighted by atomic mass is 10.2. The monoisotopic (exact) mass is 219 g/mol. The average molecular weight is 219 g/mol. The van der Waals surface area contributed by atoms with Gasteiger partial charge in [0.2, 0.25) is 0 Å². The molecule has 1 rings (SSSR count). The maximum atomic E-state index is 2.58. The molecule has 0 aromatic rings. The van der Waals surface area contributed by atoms with Crippen molar-refractivity contribution in [3.63, 3.8) is 0 Å². The molecule has 0 radical (unpaired) electrons. The molecule has 1 saturated heterocycles. The Morgan fingerprint density at radius 2 is 2.08 bits per heavy atom. The lowest BCUT2D eigenvalue weighted by molar-refractivity contribution is 0.344. The third-order valence-corrected chi connectivity index (χ3v) is 4.11. The molecule has 0 saturated carbocycles. The maximum Gasteiger partial charge on any atom is 0.0445 e. The van der Waals surface area contributed by atoms with Gasteiger partial charge < -0.3 is 0 Å². The van der Waals surface area contributed by atoms with Gasteiger partial charge in [0.1, 0.15) is 0 Å². The predicted octanol–water partition coefficient (Wildman–Crippen LogP) is 2.92. The van der Waals surface area contributed by atoms with Crippen LogP contribution in [-0.4, -0.2) is 41.6 Å². The molecule has 0 amide bonds. The Balaban J connectivity index is 1.78. The zero-order valence-corrected chi connectivity index (χ0v) is 10.3. The highest BCUT2D eigenvalue weighted by Gasteiger charge is 2.10. The number of unbranched alkanes of at least 4 members (excludes halogenated alkanes) is 3. The van der Waals surface area contributed by atoms with Crippen molar-refractivity contribution < 1.29 is 0 Å². The first-order chi connectivity index (χ1) is 6.43. The lowest BCUT2D eigenvalue weighted by Crippen LogP contribution is -2.20. The van der Waals surface area contributed by atoms with Crippen molar-refractivity contribution in [2.75, 3.05) is 36.7 Å². The van der Waals surface area contributed by atoms with Gasteiger partial charge in [-0.2, -0.15) is 11.8 Å². The smallest absolute Gasteiger partial charge is 0.0445 e. The van der Waals surface area contributed by atoms with E-state index in [0.717, 1.165) is 0 Å². The van der Waals surface area contributed by atoms with E-state index in [1.165, 1.54) is 56.2 Å². The van der Waals surface area contributed by atoms with E-state index in [1.807, 2.05) is 11.8 Å². The number of thioether (sulfide) groups is 2. The van der Waals surface area contributed by atoms with Crippen molar-refractivity contribution in [3.8, 4) is 0 Å². The SMILES string of the molecule is CSCCCCCCN1CCSC1. The minimum atomic E-state index is 1.28. The van der Waals surface area contributed by atoms with Gasteiger partial charge in [0.05, 0.1) is 0 Å². The molecule has 0 spiro atoms. The summed E-state index contributed by atoms with van der Waals surface area (Å²) in [6.07, 6.45) is 7.88. The number of nitrogens with zero attached hydrogens (tertiary/aromatic N) is 1. The van der Waals surface area contributed by atoms with E-state index in [1.54, 1.807) is 0 Å². The van der Waals surface area contributed by atoms with Crippen LogP contribution in [-0.2, 0) is 0 Å². The van der Waals surface area contributed by atoms with Crippen LogP contribution in [0.4, 0.5) is 0 Å². The third kappa shape index (κ3) is 5.87. The zero-order valence-electron chi connectivity index (χ0n) is 8.63. The minimum Gasteiger partial charge on any atom is -0.293 e. The maximum absolute atomic E-state index is 2.58. The summed E-state index contributed by atoms with van der Waals surface area (Å²) in [5.41, 5.74) is 0. The summed E-state index contributed by atoms with van der Waals surface area (Å²) in [5.74, 6) is 3.98. The molecule has 3 heteroatoms. The summed E-state index contributed by atoms with van der Waals surface area (Å²) >= 11 is 4.05. The summed E-state index contributed by atoms with van der Waals surface area (Å²) in [5, 5.41) is 0. The Labute approximate surface area is 91.0 Å². The Morgan fingerprint density at radius 1 is 1.23 bits per heavy atom. The fraction of sp³-hybridized carbons (Fsp3) is 1.00. The normalized spacial score (nSPS) is 18.2. The molecule has 1 nitrogen and oxygen atoms in total. The topological polar surface area (TPSA) is 3.24 Å². The zero-order chi connectivity index (χ0) is 9.36. The van der Waals surface area contributed by atoms with Crippen molar-refractivity contribution in [1.29, 1.82) is 0 Å². The summed E-state index contributed by atoms with van der Waals surface area (Å²) in [7, 11) is 0. The van der Waals surface area contributed by atoms with Gasteiger partial charge in [-0.25, -0.2) is 0 Å². The van der Waals surface area contributed by atoms with Crippen LogP contribution < -0.4 is 0 Å².